The molecule has 1 aromatic heterocycles. The van der Waals surface area contributed by atoms with Gasteiger partial charge in [-0.3, -0.25) is 4.98 Å². The molecule has 15 heavy (non-hydrogen) atoms. The number of hydrogen-bond acceptors (Lipinski definition) is 2. The van der Waals surface area contributed by atoms with Crippen LogP contribution in [-0.2, 0) is 19.1 Å². The van der Waals surface area contributed by atoms with E-state index in [0.717, 1.165) is 24.9 Å². The molecule has 2 nitrogen and oxygen atoms in total. The van der Waals surface area contributed by atoms with Crippen LogP contribution in [0.15, 0.2) is 12.3 Å². The highest BCUT2D eigenvalue weighted by molar-refractivity contribution is 5.28. The average molecular weight is 216 g/mol. The Morgan fingerprint density at radius 1 is 1.40 bits per heavy atom. The molecular formula is C10H11F3N2. The monoisotopic (exact) mass is 216 g/mol. The summed E-state index contributed by atoms with van der Waals surface area (Å²) in [5.41, 5.74) is 0.830. The molecule has 2 rings (SSSR count). The molecule has 0 unspecified atom stereocenters. The average Bonchev–Trinajstić information content (AvgIpc) is 2.15. The first-order chi connectivity index (χ1) is 6.97. The maximum Gasteiger partial charge on any atom is 0.417 e. The number of rotatable bonds is 0. The van der Waals surface area contributed by atoms with Gasteiger partial charge in [0.1, 0.15) is 0 Å². The summed E-state index contributed by atoms with van der Waals surface area (Å²) in [7, 11) is 1.89. The molecule has 1 aromatic rings. The zero-order valence-electron chi connectivity index (χ0n) is 8.30. The quantitative estimate of drug-likeness (QED) is 0.660. The summed E-state index contributed by atoms with van der Waals surface area (Å²) in [5, 5.41) is 0. The Morgan fingerprint density at radius 3 is 2.80 bits per heavy atom. The van der Waals surface area contributed by atoms with Gasteiger partial charge in [0.05, 0.1) is 5.56 Å². The molecule has 0 atom stereocenters. The molecule has 5 heteroatoms. The summed E-state index contributed by atoms with van der Waals surface area (Å²) >= 11 is 0. The van der Waals surface area contributed by atoms with Crippen molar-refractivity contribution in [3.8, 4) is 0 Å². The van der Waals surface area contributed by atoms with Gasteiger partial charge in [0, 0.05) is 31.4 Å². The smallest absolute Gasteiger partial charge is 0.302 e. The molecule has 0 aromatic carbocycles. The third-order valence-corrected chi connectivity index (χ3v) is 2.56. The van der Waals surface area contributed by atoms with Crippen molar-refractivity contribution in [2.24, 2.45) is 0 Å². The minimum atomic E-state index is -4.29. The number of fused-ring (bicyclic) bond motifs is 1. The van der Waals surface area contributed by atoms with Crippen LogP contribution in [0.5, 0.6) is 0 Å². The normalized spacial score (nSPS) is 17.6. The molecule has 0 N–H and O–H groups in total. The van der Waals surface area contributed by atoms with Crippen LogP contribution in [0.4, 0.5) is 13.2 Å². The highest BCUT2D eigenvalue weighted by Crippen LogP contribution is 2.30. The number of nitrogens with zero attached hydrogens (tertiary/aromatic N) is 2. The van der Waals surface area contributed by atoms with Crippen molar-refractivity contribution in [1.82, 2.24) is 9.88 Å². The Labute approximate surface area is 85.7 Å². The van der Waals surface area contributed by atoms with E-state index in [1.54, 1.807) is 0 Å². The van der Waals surface area contributed by atoms with Crippen molar-refractivity contribution in [1.29, 1.82) is 0 Å². The summed E-state index contributed by atoms with van der Waals surface area (Å²) in [5.74, 6) is 0. The molecule has 1 aliphatic rings. The van der Waals surface area contributed by atoms with Crippen molar-refractivity contribution in [2.75, 3.05) is 13.6 Å². The van der Waals surface area contributed by atoms with Gasteiger partial charge in [-0.15, -0.1) is 0 Å². The zero-order chi connectivity index (χ0) is 11.1. The predicted octanol–water partition coefficient (Wildman–Crippen LogP) is 2.09. The van der Waals surface area contributed by atoms with Gasteiger partial charge < -0.3 is 4.90 Å². The van der Waals surface area contributed by atoms with Crippen LogP contribution in [0.25, 0.3) is 0 Å². The van der Waals surface area contributed by atoms with Crippen LogP contribution in [0.3, 0.4) is 0 Å². The Kier molecular flexibility index (Phi) is 2.42. The van der Waals surface area contributed by atoms with Gasteiger partial charge in [-0.2, -0.15) is 13.2 Å². The van der Waals surface area contributed by atoms with E-state index in [9.17, 15) is 13.2 Å². The molecular weight excluding hydrogens is 205 g/mol. The number of halogens is 3. The minimum Gasteiger partial charge on any atom is -0.302 e. The van der Waals surface area contributed by atoms with Crippen LogP contribution in [0.2, 0.25) is 0 Å². The maximum absolute atomic E-state index is 12.4. The van der Waals surface area contributed by atoms with Crippen molar-refractivity contribution in [3.05, 3.63) is 29.1 Å². The summed E-state index contributed by atoms with van der Waals surface area (Å²) in [6.07, 6.45) is -2.65. The van der Waals surface area contributed by atoms with E-state index in [1.165, 1.54) is 6.07 Å². The second-order valence-corrected chi connectivity index (χ2v) is 3.82. The lowest BCUT2D eigenvalue weighted by atomic mass is 10.0. The first-order valence-corrected chi connectivity index (χ1v) is 4.70. The number of hydrogen-bond donors (Lipinski definition) is 0. The van der Waals surface area contributed by atoms with Gasteiger partial charge in [-0.05, 0) is 18.7 Å². The molecule has 0 saturated carbocycles. The molecule has 0 spiro atoms. The fraction of sp³-hybridized carbons (Fsp3) is 0.500. The Hall–Kier alpha value is -1.10. The lowest BCUT2D eigenvalue weighted by molar-refractivity contribution is -0.137. The lowest BCUT2D eigenvalue weighted by Crippen LogP contribution is -2.27. The molecule has 0 aliphatic carbocycles. The Balaban J connectivity index is 2.37. The molecule has 1 aliphatic heterocycles. The van der Waals surface area contributed by atoms with Crippen molar-refractivity contribution < 1.29 is 13.2 Å². The highest BCUT2D eigenvalue weighted by Gasteiger charge is 2.32. The van der Waals surface area contributed by atoms with E-state index in [-0.39, 0.29) is 0 Å². The molecule has 0 radical (unpaired) electrons. The third-order valence-electron chi connectivity index (χ3n) is 2.56. The van der Waals surface area contributed by atoms with E-state index in [4.69, 9.17) is 0 Å². The summed E-state index contributed by atoms with van der Waals surface area (Å²) in [4.78, 5) is 5.86. The molecule has 82 valence electrons. The zero-order valence-corrected chi connectivity index (χ0v) is 8.30. The van der Waals surface area contributed by atoms with Crippen molar-refractivity contribution in [3.63, 3.8) is 0 Å². The number of pyridine rings is 1. The van der Waals surface area contributed by atoms with Gasteiger partial charge in [0.2, 0.25) is 0 Å². The summed E-state index contributed by atoms with van der Waals surface area (Å²) < 4.78 is 37.2. The topological polar surface area (TPSA) is 16.1 Å². The van der Waals surface area contributed by atoms with Gasteiger partial charge in [-0.25, -0.2) is 0 Å². The lowest BCUT2D eigenvalue weighted by Gasteiger charge is -2.24. The number of alkyl halides is 3. The fourth-order valence-corrected chi connectivity index (χ4v) is 1.72. The second-order valence-electron chi connectivity index (χ2n) is 3.82. The number of aromatic nitrogens is 1. The van der Waals surface area contributed by atoms with Crippen LogP contribution in [0, 0.1) is 0 Å². The van der Waals surface area contributed by atoms with Crippen molar-refractivity contribution in [2.45, 2.75) is 19.1 Å². The molecule has 2 heterocycles. The van der Waals surface area contributed by atoms with E-state index in [0.29, 0.717) is 12.1 Å². The minimum absolute atomic E-state index is 0.548. The largest absolute Gasteiger partial charge is 0.417 e. The van der Waals surface area contributed by atoms with E-state index < -0.39 is 11.7 Å². The van der Waals surface area contributed by atoms with Crippen LogP contribution >= 0.6 is 0 Å². The highest BCUT2D eigenvalue weighted by atomic mass is 19.4. The maximum atomic E-state index is 12.4. The molecule has 0 amide bonds. The number of likely N-dealkylation sites (N-methyl/N-ethyl adjacent to an activating group) is 1. The Bertz CT molecular complexity index is 373. The third kappa shape index (κ3) is 2.12. The molecule has 0 fully saturated rings. The van der Waals surface area contributed by atoms with Crippen LogP contribution in [-0.4, -0.2) is 23.5 Å². The van der Waals surface area contributed by atoms with E-state index >= 15 is 0 Å². The first kappa shape index (κ1) is 10.4. The second kappa shape index (κ2) is 3.48. The van der Waals surface area contributed by atoms with Crippen LogP contribution < -0.4 is 0 Å². The molecule has 0 bridgehead atoms. The van der Waals surface area contributed by atoms with E-state index in [2.05, 4.69) is 4.98 Å². The first-order valence-electron chi connectivity index (χ1n) is 4.70. The standard InChI is InChI=1S/C10H11F3N2/c1-15-3-2-9-7(6-15)4-8(5-14-9)10(11,12)13/h4-5H,2-3,6H2,1H3. The predicted molar refractivity (Wildman–Crippen MR) is 49.3 cm³/mol. The fourth-order valence-electron chi connectivity index (χ4n) is 1.72. The van der Waals surface area contributed by atoms with Gasteiger partial charge in [0.25, 0.3) is 0 Å². The SMILES string of the molecule is CN1CCc2ncc(C(F)(F)F)cc2C1. The summed E-state index contributed by atoms with van der Waals surface area (Å²) in [6, 6.07) is 1.21. The molecule has 0 saturated heterocycles. The summed E-state index contributed by atoms with van der Waals surface area (Å²) in [6.45, 7) is 1.40. The van der Waals surface area contributed by atoms with Gasteiger partial charge >= 0.3 is 6.18 Å². The van der Waals surface area contributed by atoms with Gasteiger partial charge in [-0.1, -0.05) is 0 Å². The van der Waals surface area contributed by atoms with Gasteiger partial charge in [0.15, 0.2) is 0 Å². The van der Waals surface area contributed by atoms with E-state index in [1.807, 2.05) is 11.9 Å². The van der Waals surface area contributed by atoms with Crippen molar-refractivity contribution >= 4 is 0 Å². The van der Waals surface area contributed by atoms with Crippen LogP contribution in [0.1, 0.15) is 16.8 Å². The Morgan fingerprint density at radius 2 is 2.13 bits per heavy atom.